The highest BCUT2D eigenvalue weighted by molar-refractivity contribution is 5.83. The molecule has 1 aliphatic heterocycles. The van der Waals surface area contributed by atoms with Gasteiger partial charge < -0.3 is 20.7 Å². The number of carbonyl (C=O) groups excluding carboxylic acids is 3. The molecular formula is C23H32N4O4. The Kier molecular flexibility index (Phi) is 10.5. The van der Waals surface area contributed by atoms with Crippen LogP contribution in [0.3, 0.4) is 0 Å². The van der Waals surface area contributed by atoms with Crippen molar-refractivity contribution in [2.75, 3.05) is 13.1 Å². The summed E-state index contributed by atoms with van der Waals surface area (Å²) < 4.78 is 5.26. The van der Waals surface area contributed by atoms with Crippen LogP contribution in [0.2, 0.25) is 0 Å². The fraction of sp³-hybridized carbons (Fsp3) is 0.565. The minimum absolute atomic E-state index is 0.113. The van der Waals surface area contributed by atoms with Crippen LogP contribution in [0.4, 0.5) is 0 Å². The van der Waals surface area contributed by atoms with E-state index in [1.165, 1.54) is 0 Å². The van der Waals surface area contributed by atoms with E-state index >= 15 is 0 Å². The Labute approximate surface area is 183 Å². The van der Waals surface area contributed by atoms with Crippen LogP contribution in [0.25, 0.3) is 0 Å². The van der Waals surface area contributed by atoms with Crippen LogP contribution in [0, 0.1) is 11.3 Å². The number of hydrogen-bond donors (Lipinski definition) is 2. The van der Waals surface area contributed by atoms with Gasteiger partial charge in [-0.2, -0.15) is 5.26 Å². The lowest BCUT2D eigenvalue weighted by Crippen LogP contribution is -2.48. The second kappa shape index (κ2) is 13.4. The number of carbonyl (C=O) groups is 3. The Morgan fingerprint density at radius 3 is 2.68 bits per heavy atom. The number of primary amides is 1. The number of benzene rings is 1. The van der Waals surface area contributed by atoms with Gasteiger partial charge in [0.05, 0.1) is 12.1 Å². The standard InChI is InChI=1S/C23H32N4O4/c24-16-19-10-7-15-27(19)23(30)20(12-13-21(25)28)26-14-6-2-5-11-22(29)31-17-18-8-3-1-4-9-18/h1,3-4,8-9,19-20,26H,2,5-7,10-15,17H2,(H2,25,28)/t19-,20-/m0/s1. The number of unbranched alkanes of at least 4 members (excludes halogenated alkanes) is 2. The third-order valence-electron chi connectivity index (χ3n) is 5.35. The summed E-state index contributed by atoms with van der Waals surface area (Å²) >= 11 is 0. The van der Waals surface area contributed by atoms with Crippen molar-refractivity contribution in [3.63, 3.8) is 0 Å². The molecule has 0 aromatic heterocycles. The van der Waals surface area contributed by atoms with E-state index < -0.39 is 18.0 Å². The summed E-state index contributed by atoms with van der Waals surface area (Å²) in [5.41, 5.74) is 6.21. The van der Waals surface area contributed by atoms with E-state index in [-0.39, 0.29) is 24.9 Å². The summed E-state index contributed by atoms with van der Waals surface area (Å²) in [5.74, 6) is -0.815. The summed E-state index contributed by atoms with van der Waals surface area (Å²) in [5, 5.41) is 12.4. The molecule has 1 aliphatic rings. The van der Waals surface area contributed by atoms with Crippen LogP contribution in [0.5, 0.6) is 0 Å². The Bertz CT molecular complexity index is 763. The van der Waals surface area contributed by atoms with E-state index in [0.29, 0.717) is 38.8 Å². The van der Waals surface area contributed by atoms with Gasteiger partial charge in [-0.05, 0) is 44.2 Å². The fourth-order valence-corrected chi connectivity index (χ4v) is 3.62. The normalized spacial score (nSPS) is 16.5. The van der Waals surface area contributed by atoms with Crippen molar-refractivity contribution >= 4 is 17.8 Å². The van der Waals surface area contributed by atoms with Crippen molar-refractivity contribution in [3.8, 4) is 6.07 Å². The monoisotopic (exact) mass is 428 g/mol. The first-order valence-corrected chi connectivity index (χ1v) is 10.9. The molecule has 2 amide bonds. The van der Waals surface area contributed by atoms with Crippen LogP contribution in [0.1, 0.15) is 56.9 Å². The van der Waals surface area contributed by atoms with Crippen molar-refractivity contribution < 1.29 is 19.1 Å². The fourth-order valence-electron chi connectivity index (χ4n) is 3.62. The molecule has 0 bridgehead atoms. The molecule has 8 nitrogen and oxygen atoms in total. The predicted molar refractivity (Wildman–Crippen MR) is 115 cm³/mol. The highest BCUT2D eigenvalue weighted by atomic mass is 16.5. The first-order chi connectivity index (χ1) is 15.0. The third kappa shape index (κ3) is 8.77. The minimum atomic E-state index is -0.530. The van der Waals surface area contributed by atoms with Crippen LogP contribution >= 0.6 is 0 Å². The Hall–Kier alpha value is -2.92. The lowest BCUT2D eigenvalue weighted by Gasteiger charge is -2.26. The number of rotatable bonds is 13. The largest absolute Gasteiger partial charge is 0.461 e. The van der Waals surface area contributed by atoms with Gasteiger partial charge in [-0.25, -0.2) is 0 Å². The third-order valence-corrected chi connectivity index (χ3v) is 5.35. The zero-order valence-electron chi connectivity index (χ0n) is 17.9. The van der Waals surface area contributed by atoms with Gasteiger partial charge in [0, 0.05) is 19.4 Å². The molecule has 31 heavy (non-hydrogen) atoms. The number of ether oxygens (including phenoxy) is 1. The summed E-state index contributed by atoms with van der Waals surface area (Å²) in [6.45, 7) is 1.43. The average molecular weight is 429 g/mol. The molecule has 2 rings (SSSR count). The number of hydrogen-bond acceptors (Lipinski definition) is 6. The number of nitriles is 1. The molecular weight excluding hydrogens is 396 g/mol. The zero-order chi connectivity index (χ0) is 22.5. The second-order valence-electron chi connectivity index (χ2n) is 7.79. The number of nitrogens with two attached hydrogens (primary N) is 1. The molecule has 1 heterocycles. The lowest BCUT2D eigenvalue weighted by atomic mass is 10.1. The van der Waals surface area contributed by atoms with E-state index in [0.717, 1.165) is 24.8 Å². The van der Waals surface area contributed by atoms with E-state index in [1.54, 1.807) is 4.90 Å². The van der Waals surface area contributed by atoms with Gasteiger partial charge in [0.25, 0.3) is 0 Å². The van der Waals surface area contributed by atoms with E-state index in [1.807, 2.05) is 30.3 Å². The summed E-state index contributed by atoms with van der Waals surface area (Å²) in [7, 11) is 0. The van der Waals surface area contributed by atoms with E-state index in [4.69, 9.17) is 10.5 Å². The van der Waals surface area contributed by atoms with Crippen molar-refractivity contribution in [2.45, 2.75) is 70.1 Å². The average Bonchev–Trinajstić information content (AvgIpc) is 3.25. The number of nitrogens with zero attached hydrogens (tertiary/aromatic N) is 2. The molecule has 0 unspecified atom stereocenters. The van der Waals surface area contributed by atoms with Gasteiger partial charge in [-0.3, -0.25) is 14.4 Å². The lowest BCUT2D eigenvalue weighted by molar-refractivity contribution is -0.145. The van der Waals surface area contributed by atoms with Crippen LogP contribution < -0.4 is 11.1 Å². The summed E-state index contributed by atoms with van der Waals surface area (Å²) in [6.07, 6.45) is 4.59. The highest BCUT2D eigenvalue weighted by Gasteiger charge is 2.32. The maximum absolute atomic E-state index is 12.8. The maximum Gasteiger partial charge on any atom is 0.306 e. The van der Waals surface area contributed by atoms with E-state index in [2.05, 4.69) is 11.4 Å². The summed E-state index contributed by atoms with van der Waals surface area (Å²) in [4.78, 5) is 37.4. The first kappa shape index (κ1) is 24.4. The second-order valence-corrected chi connectivity index (χ2v) is 7.79. The Morgan fingerprint density at radius 1 is 1.19 bits per heavy atom. The molecule has 0 spiro atoms. The molecule has 0 radical (unpaired) electrons. The first-order valence-electron chi connectivity index (χ1n) is 10.9. The van der Waals surface area contributed by atoms with Gasteiger partial charge in [-0.1, -0.05) is 36.8 Å². The summed E-state index contributed by atoms with van der Waals surface area (Å²) in [6, 6.07) is 10.8. The number of likely N-dealkylation sites (tertiary alicyclic amines) is 1. The van der Waals surface area contributed by atoms with Crippen LogP contribution in [-0.4, -0.2) is 47.9 Å². The number of amides is 2. The van der Waals surface area contributed by atoms with Gasteiger partial charge in [0.2, 0.25) is 11.8 Å². The Morgan fingerprint density at radius 2 is 1.97 bits per heavy atom. The quantitative estimate of drug-likeness (QED) is 0.366. The molecule has 8 heteroatoms. The van der Waals surface area contributed by atoms with Gasteiger partial charge in [0.15, 0.2) is 0 Å². The predicted octanol–water partition coefficient (Wildman–Crippen LogP) is 2.03. The maximum atomic E-state index is 12.8. The van der Waals surface area contributed by atoms with Crippen molar-refractivity contribution in [3.05, 3.63) is 35.9 Å². The number of nitrogens with one attached hydrogen (secondary N) is 1. The molecule has 0 aliphatic carbocycles. The van der Waals surface area contributed by atoms with Crippen molar-refractivity contribution in [1.82, 2.24) is 10.2 Å². The van der Waals surface area contributed by atoms with E-state index in [9.17, 15) is 19.6 Å². The minimum Gasteiger partial charge on any atom is -0.461 e. The van der Waals surface area contributed by atoms with Crippen LogP contribution in [-0.2, 0) is 25.7 Å². The highest BCUT2D eigenvalue weighted by Crippen LogP contribution is 2.18. The molecule has 3 N–H and O–H groups in total. The van der Waals surface area contributed by atoms with Gasteiger partial charge in [-0.15, -0.1) is 0 Å². The molecule has 1 fully saturated rings. The smallest absolute Gasteiger partial charge is 0.306 e. The van der Waals surface area contributed by atoms with Crippen LogP contribution in [0.15, 0.2) is 30.3 Å². The molecule has 168 valence electrons. The van der Waals surface area contributed by atoms with Crippen molar-refractivity contribution in [2.24, 2.45) is 5.73 Å². The molecule has 0 saturated carbocycles. The molecule has 1 aromatic rings. The molecule has 1 saturated heterocycles. The number of esters is 1. The van der Waals surface area contributed by atoms with Gasteiger partial charge in [0.1, 0.15) is 12.6 Å². The van der Waals surface area contributed by atoms with Crippen molar-refractivity contribution in [1.29, 1.82) is 5.26 Å². The Balaban J connectivity index is 1.66. The topological polar surface area (TPSA) is 126 Å². The molecule has 1 aromatic carbocycles. The SMILES string of the molecule is N#C[C@@H]1CCCN1C(=O)[C@H](CCC(N)=O)NCCCCCC(=O)OCc1ccccc1. The zero-order valence-corrected chi connectivity index (χ0v) is 17.9. The molecule has 2 atom stereocenters. The van der Waals surface area contributed by atoms with Gasteiger partial charge >= 0.3 is 5.97 Å².